The second-order valence-electron chi connectivity index (χ2n) is 7.97. The molecule has 4 rings (SSSR count). The maximum atomic E-state index is 13.0. The molecule has 31 heavy (non-hydrogen) atoms. The highest BCUT2D eigenvalue weighted by atomic mass is 32.2. The number of aromatic nitrogens is 2. The van der Waals surface area contributed by atoms with Crippen molar-refractivity contribution in [2.75, 3.05) is 19.7 Å². The summed E-state index contributed by atoms with van der Waals surface area (Å²) >= 11 is 0. The van der Waals surface area contributed by atoms with E-state index in [0.29, 0.717) is 36.8 Å². The molecule has 0 unspecified atom stereocenters. The Bertz CT molecular complexity index is 1160. The maximum Gasteiger partial charge on any atom is 0.243 e. The molecule has 8 heteroatoms. The Morgan fingerprint density at radius 2 is 1.90 bits per heavy atom. The molecule has 0 spiro atoms. The minimum atomic E-state index is -3.51. The molecule has 1 atom stereocenters. The van der Waals surface area contributed by atoms with Crippen LogP contribution in [0, 0.1) is 19.7 Å². The van der Waals surface area contributed by atoms with E-state index in [1.54, 1.807) is 28.6 Å². The summed E-state index contributed by atoms with van der Waals surface area (Å²) in [5.41, 5.74) is 3.84. The Morgan fingerprint density at radius 3 is 2.65 bits per heavy atom. The summed E-state index contributed by atoms with van der Waals surface area (Å²) < 4.78 is 46.2. The number of ether oxygens (including phenoxy) is 1. The molecule has 1 aliphatic rings. The molecule has 1 aliphatic heterocycles. The van der Waals surface area contributed by atoms with Crippen molar-refractivity contribution in [2.24, 2.45) is 0 Å². The van der Waals surface area contributed by atoms with Crippen molar-refractivity contribution in [1.29, 1.82) is 0 Å². The van der Waals surface area contributed by atoms with Gasteiger partial charge in [-0.15, -0.1) is 0 Å². The fourth-order valence-corrected chi connectivity index (χ4v) is 5.32. The number of hydrogen-bond donors (Lipinski definition) is 1. The van der Waals surface area contributed by atoms with Gasteiger partial charge in [-0.3, -0.25) is 5.10 Å². The van der Waals surface area contributed by atoms with Crippen LogP contribution in [0.2, 0.25) is 0 Å². The average molecular weight is 444 g/mol. The first kappa shape index (κ1) is 21.5. The number of halogens is 1. The average Bonchev–Trinajstić information content (AvgIpc) is 3.41. The van der Waals surface area contributed by atoms with E-state index in [4.69, 9.17) is 4.74 Å². The van der Waals surface area contributed by atoms with E-state index < -0.39 is 10.0 Å². The number of aryl methyl sites for hydroxylation is 2. The first-order valence-electron chi connectivity index (χ1n) is 10.3. The third kappa shape index (κ3) is 4.80. The van der Waals surface area contributed by atoms with Crippen LogP contribution in [-0.4, -0.2) is 42.6 Å². The van der Waals surface area contributed by atoms with Gasteiger partial charge in [-0.05, 0) is 73.9 Å². The van der Waals surface area contributed by atoms with Crippen molar-refractivity contribution in [1.82, 2.24) is 14.5 Å². The van der Waals surface area contributed by atoms with Crippen LogP contribution in [-0.2, 0) is 16.4 Å². The molecular formula is C23H26FN3O3S. The van der Waals surface area contributed by atoms with Crippen LogP contribution in [0.25, 0.3) is 0 Å². The van der Waals surface area contributed by atoms with Crippen molar-refractivity contribution in [3.8, 4) is 5.75 Å². The molecule has 2 heterocycles. The predicted octanol–water partition coefficient (Wildman–Crippen LogP) is 3.97. The fraction of sp³-hybridized carbons (Fsp3) is 0.348. The summed E-state index contributed by atoms with van der Waals surface area (Å²) in [5.74, 6) is 0.379. The Kier molecular flexibility index (Phi) is 6.11. The molecule has 1 aromatic heterocycles. The van der Waals surface area contributed by atoms with E-state index in [1.807, 2.05) is 26.0 Å². The van der Waals surface area contributed by atoms with Crippen LogP contribution in [0.15, 0.2) is 53.4 Å². The van der Waals surface area contributed by atoms with Crippen LogP contribution in [0.4, 0.5) is 4.39 Å². The molecule has 0 bridgehead atoms. The number of hydrogen-bond acceptors (Lipinski definition) is 4. The van der Waals surface area contributed by atoms with Crippen LogP contribution < -0.4 is 4.74 Å². The SMILES string of the molecule is Cc1ccc(S(=O)(=O)N2CC[C@@H](c3cc(CCOc4ccc(F)cc4)[nH]n3)C2)cc1C. The molecule has 164 valence electrons. The lowest BCUT2D eigenvalue weighted by Gasteiger charge is -2.17. The molecule has 3 aromatic rings. The number of nitrogens with zero attached hydrogens (tertiary/aromatic N) is 2. The van der Waals surface area contributed by atoms with E-state index in [0.717, 1.165) is 28.9 Å². The predicted molar refractivity (Wildman–Crippen MR) is 116 cm³/mol. The number of nitrogens with one attached hydrogen (secondary N) is 1. The molecule has 6 nitrogen and oxygen atoms in total. The highest BCUT2D eigenvalue weighted by Crippen LogP contribution is 2.31. The zero-order valence-electron chi connectivity index (χ0n) is 17.6. The molecule has 2 aromatic carbocycles. The standard InChI is InChI=1S/C23H26FN3O3S/c1-16-3-8-22(13-17(16)2)31(28,29)27-11-9-18(15-27)23-14-20(25-26-23)10-12-30-21-6-4-19(24)5-7-21/h3-8,13-14,18H,9-12,15H2,1-2H3,(H,25,26)/t18-/m1/s1. The molecule has 0 radical (unpaired) electrons. The van der Waals surface area contributed by atoms with Gasteiger partial charge in [0.15, 0.2) is 0 Å². The van der Waals surface area contributed by atoms with Gasteiger partial charge in [-0.25, -0.2) is 12.8 Å². The van der Waals surface area contributed by atoms with Crippen molar-refractivity contribution in [3.63, 3.8) is 0 Å². The maximum absolute atomic E-state index is 13.0. The lowest BCUT2D eigenvalue weighted by atomic mass is 10.0. The Hall–Kier alpha value is -2.71. The highest BCUT2D eigenvalue weighted by molar-refractivity contribution is 7.89. The van der Waals surface area contributed by atoms with Crippen LogP contribution in [0.5, 0.6) is 5.75 Å². The topological polar surface area (TPSA) is 75.3 Å². The first-order valence-corrected chi connectivity index (χ1v) is 11.8. The van der Waals surface area contributed by atoms with E-state index in [-0.39, 0.29) is 11.7 Å². The van der Waals surface area contributed by atoms with Gasteiger partial charge in [-0.1, -0.05) is 6.07 Å². The van der Waals surface area contributed by atoms with Gasteiger partial charge in [0, 0.05) is 31.1 Å². The van der Waals surface area contributed by atoms with Crippen molar-refractivity contribution in [2.45, 2.75) is 37.5 Å². The van der Waals surface area contributed by atoms with Gasteiger partial charge >= 0.3 is 0 Å². The van der Waals surface area contributed by atoms with Gasteiger partial charge in [0.1, 0.15) is 11.6 Å². The minimum Gasteiger partial charge on any atom is -0.493 e. The third-order valence-corrected chi connectivity index (χ3v) is 7.65. The third-order valence-electron chi connectivity index (χ3n) is 5.79. The monoisotopic (exact) mass is 443 g/mol. The quantitative estimate of drug-likeness (QED) is 0.600. The molecule has 1 saturated heterocycles. The summed E-state index contributed by atoms with van der Waals surface area (Å²) in [5, 5.41) is 7.42. The zero-order chi connectivity index (χ0) is 22.0. The van der Waals surface area contributed by atoms with Gasteiger partial charge < -0.3 is 4.74 Å². The number of rotatable bonds is 7. The van der Waals surface area contributed by atoms with Gasteiger partial charge in [0.2, 0.25) is 10.0 Å². The number of H-pyrrole nitrogens is 1. The minimum absolute atomic E-state index is 0.0596. The first-order chi connectivity index (χ1) is 14.8. The zero-order valence-corrected chi connectivity index (χ0v) is 18.5. The molecule has 0 amide bonds. The Labute approximate surface area is 182 Å². The van der Waals surface area contributed by atoms with E-state index in [9.17, 15) is 12.8 Å². The van der Waals surface area contributed by atoms with E-state index in [2.05, 4.69) is 10.2 Å². The number of sulfonamides is 1. The highest BCUT2D eigenvalue weighted by Gasteiger charge is 2.34. The fourth-order valence-electron chi connectivity index (χ4n) is 3.74. The summed E-state index contributed by atoms with van der Waals surface area (Å²) in [4.78, 5) is 0.344. The van der Waals surface area contributed by atoms with Crippen LogP contribution in [0.1, 0.15) is 34.9 Å². The molecule has 1 N–H and O–H groups in total. The molecule has 0 saturated carbocycles. The summed E-state index contributed by atoms with van der Waals surface area (Å²) in [6.45, 7) is 5.23. The van der Waals surface area contributed by atoms with Gasteiger partial charge in [0.25, 0.3) is 0 Å². The summed E-state index contributed by atoms with van der Waals surface area (Å²) in [6, 6.07) is 13.2. The normalized spacial score (nSPS) is 17.2. The van der Waals surface area contributed by atoms with E-state index in [1.165, 1.54) is 12.1 Å². The second-order valence-corrected chi connectivity index (χ2v) is 9.90. The van der Waals surface area contributed by atoms with Gasteiger partial charge in [0.05, 0.1) is 17.2 Å². The smallest absolute Gasteiger partial charge is 0.243 e. The van der Waals surface area contributed by atoms with Crippen LogP contribution >= 0.6 is 0 Å². The lowest BCUT2D eigenvalue weighted by Crippen LogP contribution is -2.28. The van der Waals surface area contributed by atoms with Crippen molar-refractivity contribution < 1.29 is 17.5 Å². The summed E-state index contributed by atoms with van der Waals surface area (Å²) in [7, 11) is -3.51. The lowest BCUT2D eigenvalue weighted by molar-refractivity contribution is 0.320. The van der Waals surface area contributed by atoms with E-state index >= 15 is 0 Å². The second kappa shape index (κ2) is 8.80. The number of aromatic amines is 1. The van der Waals surface area contributed by atoms with Crippen molar-refractivity contribution in [3.05, 3.63) is 76.9 Å². The molecular weight excluding hydrogens is 417 g/mol. The van der Waals surface area contributed by atoms with Crippen molar-refractivity contribution >= 4 is 10.0 Å². The Morgan fingerprint density at radius 1 is 1.13 bits per heavy atom. The van der Waals surface area contributed by atoms with Gasteiger partial charge in [-0.2, -0.15) is 9.40 Å². The number of benzene rings is 2. The summed E-state index contributed by atoms with van der Waals surface area (Å²) in [6.07, 6.45) is 1.36. The molecule has 1 fully saturated rings. The largest absolute Gasteiger partial charge is 0.493 e. The molecule has 0 aliphatic carbocycles. The van der Waals surface area contributed by atoms with Crippen LogP contribution in [0.3, 0.4) is 0 Å². The Balaban J connectivity index is 1.35.